The molecular weight excluding hydrogens is 305 g/mol. The summed E-state index contributed by atoms with van der Waals surface area (Å²) in [6.45, 7) is 1.87. The maximum atomic E-state index is 13.6. The number of aromatic nitrogens is 1. The Balaban J connectivity index is 1.97. The highest BCUT2D eigenvalue weighted by Crippen LogP contribution is 2.24. The molecule has 3 aromatic rings. The van der Waals surface area contributed by atoms with Crippen LogP contribution in [0.1, 0.15) is 11.3 Å². The number of halogens is 1. The minimum absolute atomic E-state index is 0.0410. The molecule has 0 aliphatic carbocycles. The molecule has 1 amide bonds. The molecule has 0 spiro atoms. The summed E-state index contributed by atoms with van der Waals surface area (Å²) in [7, 11) is 0. The minimum atomic E-state index is -0.646. The van der Waals surface area contributed by atoms with Crippen LogP contribution in [0.4, 0.5) is 10.1 Å². The molecule has 0 saturated carbocycles. The number of aryl methyl sites for hydroxylation is 1. The van der Waals surface area contributed by atoms with Gasteiger partial charge in [-0.3, -0.25) is 4.79 Å². The summed E-state index contributed by atoms with van der Waals surface area (Å²) in [5.41, 5.74) is 2.49. The number of nitrogens with zero attached hydrogens (tertiary/aromatic N) is 1. The Labute approximate surface area is 138 Å². The zero-order valence-electron chi connectivity index (χ0n) is 12.9. The lowest BCUT2D eigenvalue weighted by Crippen LogP contribution is -2.14. The molecule has 118 valence electrons. The fourth-order valence-corrected chi connectivity index (χ4v) is 2.53. The first-order valence-corrected chi connectivity index (χ1v) is 7.35. The number of fused-ring (bicyclic) bond motifs is 1. The van der Waals surface area contributed by atoms with Gasteiger partial charge in [0.2, 0.25) is 0 Å². The molecule has 0 aliphatic rings. The first-order chi connectivity index (χ1) is 11.6. The zero-order valence-corrected chi connectivity index (χ0v) is 12.9. The zero-order chi connectivity index (χ0) is 17.1. The highest BCUT2D eigenvalue weighted by molar-refractivity contribution is 6.11. The third-order valence-corrected chi connectivity index (χ3v) is 3.72. The van der Waals surface area contributed by atoms with Gasteiger partial charge in [0.05, 0.1) is 5.69 Å². The van der Waals surface area contributed by atoms with E-state index in [9.17, 15) is 14.4 Å². The van der Waals surface area contributed by atoms with Crippen LogP contribution in [-0.2, 0) is 4.79 Å². The van der Waals surface area contributed by atoms with Crippen LogP contribution in [0, 0.1) is 24.1 Å². The number of carbonyl (C=O) groups is 1. The second kappa shape index (κ2) is 6.39. The summed E-state index contributed by atoms with van der Waals surface area (Å²) >= 11 is 0. The molecular formula is C19H14FN3O. The number of rotatable bonds is 3. The summed E-state index contributed by atoms with van der Waals surface area (Å²) in [6.07, 6.45) is 1.52. The highest BCUT2D eigenvalue weighted by Gasteiger charge is 2.14. The molecule has 1 aromatic heterocycles. The van der Waals surface area contributed by atoms with Gasteiger partial charge >= 0.3 is 0 Å². The first kappa shape index (κ1) is 15.5. The van der Waals surface area contributed by atoms with E-state index >= 15 is 0 Å². The van der Waals surface area contributed by atoms with Crippen molar-refractivity contribution in [2.75, 3.05) is 5.32 Å². The lowest BCUT2D eigenvalue weighted by Gasteiger charge is -2.05. The van der Waals surface area contributed by atoms with E-state index in [1.54, 1.807) is 6.07 Å². The molecule has 1 heterocycles. The lowest BCUT2D eigenvalue weighted by atomic mass is 10.1. The molecule has 0 bridgehead atoms. The molecule has 0 saturated heterocycles. The lowest BCUT2D eigenvalue weighted by molar-refractivity contribution is -0.112. The average Bonchev–Trinajstić information content (AvgIpc) is 2.90. The third-order valence-electron chi connectivity index (χ3n) is 3.72. The van der Waals surface area contributed by atoms with E-state index in [4.69, 9.17) is 0 Å². The van der Waals surface area contributed by atoms with E-state index in [0.717, 1.165) is 22.2 Å². The topological polar surface area (TPSA) is 68.7 Å². The normalized spacial score (nSPS) is 11.3. The number of para-hydroxylation sites is 2. The Morgan fingerprint density at radius 1 is 1.21 bits per heavy atom. The van der Waals surface area contributed by atoms with Gasteiger partial charge in [-0.25, -0.2) is 4.39 Å². The molecule has 5 heteroatoms. The van der Waals surface area contributed by atoms with Crippen molar-refractivity contribution in [2.24, 2.45) is 0 Å². The van der Waals surface area contributed by atoms with Crippen LogP contribution in [0.2, 0.25) is 0 Å². The molecule has 0 aliphatic heterocycles. The van der Waals surface area contributed by atoms with Crippen molar-refractivity contribution < 1.29 is 9.18 Å². The van der Waals surface area contributed by atoms with Crippen molar-refractivity contribution in [3.8, 4) is 6.07 Å². The molecule has 24 heavy (non-hydrogen) atoms. The van der Waals surface area contributed by atoms with Gasteiger partial charge in [0.1, 0.15) is 17.5 Å². The van der Waals surface area contributed by atoms with Gasteiger partial charge in [0, 0.05) is 22.2 Å². The summed E-state index contributed by atoms with van der Waals surface area (Å²) in [4.78, 5) is 15.5. The number of hydrogen-bond acceptors (Lipinski definition) is 2. The molecule has 0 radical (unpaired) electrons. The predicted octanol–water partition coefficient (Wildman–Crippen LogP) is 4.16. The van der Waals surface area contributed by atoms with Crippen LogP contribution in [-0.4, -0.2) is 10.9 Å². The standard InChI is InChI=1S/C19H14FN3O/c1-12-15(14-6-2-4-8-17(14)22-12)10-13(11-21)19(24)23-18-9-5-3-7-16(18)20/h2-10,22H,1H3,(H,23,24)/b13-10+. The van der Waals surface area contributed by atoms with Crippen molar-refractivity contribution >= 4 is 28.6 Å². The quantitative estimate of drug-likeness (QED) is 0.562. The van der Waals surface area contributed by atoms with E-state index in [-0.39, 0.29) is 11.3 Å². The number of benzene rings is 2. The largest absolute Gasteiger partial charge is 0.358 e. The van der Waals surface area contributed by atoms with Crippen LogP contribution in [0.25, 0.3) is 17.0 Å². The monoisotopic (exact) mass is 319 g/mol. The first-order valence-electron chi connectivity index (χ1n) is 7.35. The van der Waals surface area contributed by atoms with Crippen molar-refractivity contribution in [3.63, 3.8) is 0 Å². The summed E-state index contributed by atoms with van der Waals surface area (Å²) < 4.78 is 13.6. The SMILES string of the molecule is Cc1[nH]c2ccccc2c1/C=C(\C#N)C(=O)Nc1ccccc1F. The van der Waals surface area contributed by atoms with Gasteiger partial charge in [0.15, 0.2) is 0 Å². The second-order valence-corrected chi connectivity index (χ2v) is 5.31. The molecule has 3 rings (SSSR count). The number of carbonyl (C=O) groups excluding carboxylic acids is 1. The summed E-state index contributed by atoms with van der Waals surface area (Å²) in [6, 6.07) is 15.3. The maximum absolute atomic E-state index is 13.6. The van der Waals surface area contributed by atoms with E-state index in [0.29, 0.717) is 0 Å². The van der Waals surface area contributed by atoms with Gasteiger partial charge < -0.3 is 10.3 Å². The molecule has 4 nitrogen and oxygen atoms in total. The molecule has 2 aromatic carbocycles. The van der Waals surface area contributed by atoms with Crippen molar-refractivity contribution in [2.45, 2.75) is 6.92 Å². The van der Waals surface area contributed by atoms with Crippen molar-refractivity contribution in [3.05, 3.63) is 71.2 Å². The number of hydrogen-bond donors (Lipinski definition) is 2. The number of nitriles is 1. The summed E-state index contributed by atoms with van der Waals surface area (Å²) in [5.74, 6) is -1.20. The Morgan fingerprint density at radius 3 is 2.67 bits per heavy atom. The average molecular weight is 319 g/mol. The van der Waals surface area contributed by atoms with Crippen LogP contribution in [0.15, 0.2) is 54.1 Å². The molecule has 0 unspecified atom stereocenters. The molecule has 2 N–H and O–H groups in total. The Bertz CT molecular complexity index is 995. The maximum Gasteiger partial charge on any atom is 0.266 e. The number of aromatic amines is 1. The van der Waals surface area contributed by atoms with Gasteiger partial charge in [-0.1, -0.05) is 30.3 Å². The fourth-order valence-electron chi connectivity index (χ4n) is 2.53. The molecule has 0 atom stereocenters. The van der Waals surface area contributed by atoms with E-state index in [2.05, 4.69) is 10.3 Å². The van der Waals surface area contributed by atoms with E-state index in [1.165, 1.54) is 24.3 Å². The Morgan fingerprint density at radius 2 is 1.92 bits per heavy atom. The summed E-state index contributed by atoms with van der Waals surface area (Å²) in [5, 5.41) is 12.7. The van der Waals surface area contributed by atoms with Crippen LogP contribution in [0.3, 0.4) is 0 Å². The number of H-pyrrole nitrogens is 1. The van der Waals surface area contributed by atoms with Gasteiger partial charge in [-0.15, -0.1) is 0 Å². The van der Waals surface area contributed by atoms with Gasteiger partial charge in [0.25, 0.3) is 5.91 Å². The predicted molar refractivity (Wildman–Crippen MR) is 91.7 cm³/mol. The van der Waals surface area contributed by atoms with Crippen LogP contribution in [0.5, 0.6) is 0 Å². The number of nitrogens with one attached hydrogen (secondary N) is 2. The Kier molecular flexibility index (Phi) is 4.13. The molecule has 0 fully saturated rings. The number of amides is 1. The fraction of sp³-hybridized carbons (Fsp3) is 0.0526. The van der Waals surface area contributed by atoms with Crippen molar-refractivity contribution in [1.29, 1.82) is 5.26 Å². The van der Waals surface area contributed by atoms with E-state index in [1.807, 2.05) is 37.3 Å². The second-order valence-electron chi connectivity index (χ2n) is 5.31. The van der Waals surface area contributed by atoms with E-state index < -0.39 is 11.7 Å². The minimum Gasteiger partial charge on any atom is -0.358 e. The number of anilines is 1. The third kappa shape index (κ3) is 2.90. The van der Waals surface area contributed by atoms with Crippen LogP contribution >= 0.6 is 0 Å². The van der Waals surface area contributed by atoms with Crippen molar-refractivity contribution in [1.82, 2.24) is 4.98 Å². The van der Waals surface area contributed by atoms with Gasteiger partial charge in [-0.05, 0) is 31.2 Å². The highest BCUT2D eigenvalue weighted by atomic mass is 19.1. The Hall–Kier alpha value is -3.39. The smallest absolute Gasteiger partial charge is 0.266 e. The van der Waals surface area contributed by atoms with Crippen LogP contribution < -0.4 is 5.32 Å². The van der Waals surface area contributed by atoms with Gasteiger partial charge in [-0.2, -0.15) is 5.26 Å².